The van der Waals surface area contributed by atoms with Crippen molar-refractivity contribution in [2.75, 3.05) is 0 Å². The van der Waals surface area contributed by atoms with Crippen LogP contribution in [0.1, 0.15) is 0 Å². The molecule has 0 amide bonds. The lowest BCUT2D eigenvalue weighted by Gasteiger charge is -2.04. The number of nitrogens with two attached hydrogens (primary N) is 1. The normalized spacial score (nSPS) is 11.3. The van der Waals surface area contributed by atoms with Gasteiger partial charge in [-0.2, -0.15) is 0 Å². The van der Waals surface area contributed by atoms with Crippen molar-refractivity contribution in [2.45, 2.75) is 4.90 Å². The molecule has 6 heteroatoms. The van der Waals surface area contributed by atoms with Crippen LogP contribution in [0.25, 0.3) is 11.4 Å². The zero-order valence-corrected chi connectivity index (χ0v) is 8.98. The Hall–Kier alpha value is -1.79. The lowest BCUT2D eigenvalue weighted by Crippen LogP contribution is -2.13. The van der Waals surface area contributed by atoms with Crippen LogP contribution in [-0.2, 0) is 10.0 Å². The first-order valence-electron chi connectivity index (χ1n) is 4.40. The quantitative estimate of drug-likeness (QED) is 0.824. The van der Waals surface area contributed by atoms with Crippen LogP contribution >= 0.6 is 0 Å². The van der Waals surface area contributed by atoms with E-state index in [1.807, 2.05) is 0 Å². The molecule has 0 saturated carbocycles. The second-order valence-corrected chi connectivity index (χ2v) is 4.53. The molecule has 0 spiro atoms. The van der Waals surface area contributed by atoms with Gasteiger partial charge in [-0.1, -0.05) is 12.1 Å². The van der Waals surface area contributed by atoms with Crippen molar-refractivity contribution in [1.82, 2.24) is 9.97 Å². The van der Waals surface area contributed by atoms with E-state index in [0.29, 0.717) is 11.4 Å². The molecule has 2 aromatic rings. The van der Waals surface area contributed by atoms with Gasteiger partial charge in [0.25, 0.3) is 0 Å². The van der Waals surface area contributed by atoms with Crippen LogP contribution in [0.15, 0.2) is 41.6 Å². The molecule has 0 bridgehead atoms. The van der Waals surface area contributed by atoms with Gasteiger partial charge in [-0.3, -0.25) is 0 Å². The molecule has 1 aromatic carbocycles. The molecule has 0 aliphatic heterocycles. The summed E-state index contributed by atoms with van der Waals surface area (Å²) in [4.78, 5) is 7.85. The van der Waals surface area contributed by atoms with Crippen LogP contribution in [-0.4, -0.2) is 18.4 Å². The SMILES string of the molecule is NS(=O)(=O)c1[c]cccc1-c1ncccn1. The van der Waals surface area contributed by atoms with Crippen molar-refractivity contribution in [3.05, 3.63) is 42.7 Å². The number of aromatic nitrogens is 2. The van der Waals surface area contributed by atoms with Gasteiger partial charge in [-0.15, -0.1) is 0 Å². The van der Waals surface area contributed by atoms with Crippen LogP contribution in [0, 0.1) is 6.07 Å². The van der Waals surface area contributed by atoms with Crippen LogP contribution in [0.5, 0.6) is 0 Å². The summed E-state index contributed by atoms with van der Waals surface area (Å²) in [5.41, 5.74) is 0.352. The highest BCUT2D eigenvalue weighted by Gasteiger charge is 2.15. The van der Waals surface area contributed by atoms with E-state index >= 15 is 0 Å². The first-order chi connectivity index (χ1) is 7.59. The van der Waals surface area contributed by atoms with Gasteiger partial charge in [-0.05, 0) is 12.1 Å². The fourth-order valence-electron chi connectivity index (χ4n) is 1.27. The first-order valence-corrected chi connectivity index (χ1v) is 5.94. The largest absolute Gasteiger partial charge is 0.239 e. The molecule has 0 aliphatic carbocycles. The monoisotopic (exact) mass is 234 g/mol. The van der Waals surface area contributed by atoms with Crippen molar-refractivity contribution in [3.63, 3.8) is 0 Å². The molecule has 1 radical (unpaired) electrons. The standard InChI is InChI=1S/C10H8N3O2S/c11-16(14,15)9-5-2-1-4-8(9)10-12-6-3-7-13-10/h1-4,6-7H,(H2,11,14,15). The fraction of sp³-hybridized carbons (Fsp3) is 0. The summed E-state index contributed by atoms with van der Waals surface area (Å²) >= 11 is 0. The third-order valence-corrected chi connectivity index (χ3v) is 2.82. The molecule has 5 nitrogen and oxygen atoms in total. The Morgan fingerprint density at radius 2 is 1.88 bits per heavy atom. The van der Waals surface area contributed by atoms with E-state index < -0.39 is 10.0 Å². The van der Waals surface area contributed by atoms with Crippen molar-refractivity contribution < 1.29 is 8.42 Å². The molecular weight excluding hydrogens is 226 g/mol. The third-order valence-electron chi connectivity index (χ3n) is 1.91. The molecule has 81 valence electrons. The van der Waals surface area contributed by atoms with Gasteiger partial charge in [0.1, 0.15) is 4.90 Å². The Balaban J connectivity index is 2.68. The minimum atomic E-state index is -3.82. The van der Waals surface area contributed by atoms with E-state index in [0.717, 1.165) is 0 Å². The molecule has 0 unspecified atom stereocenters. The molecule has 1 heterocycles. The summed E-state index contributed by atoms with van der Waals surface area (Å²) in [6, 6.07) is 8.95. The van der Waals surface area contributed by atoms with Crippen LogP contribution < -0.4 is 5.14 Å². The number of hydrogen-bond donors (Lipinski definition) is 1. The van der Waals surface area contributed by atoms with Crippen molar-refractivity contribution in [1.29, 1.82) is 0 Å². The van der Waals surface area contributed by atoms with Gasteiger partial charge in [0.05, 0.1) is 0 Å². The lowest BCUT2D eigenvalue weighted by molar-refractivity contribution is 0.598. The Bertz CT molecular complexity index is 596. The molecule has 0 saturated heterocycles. The maximum Gasteiger partial charge on any atom is 0.239 e. The summed E-state index contributed by atoms with van der Waals surface area (Å²) < 4.78 is 22.6. The zero-order valence-electron chi connectivity index (χ0n) is 8.16. The smallest absolute Gasteiger partial charge is 0.237 e. The van der Waals surface area contributed by atoms with E-state index in [1.165, 1.54) is 18.5 Å². The minimum absolute atomic E-state index is 0.0961. The number of nitrogens with zero attached hydrogens (tertiary/aromatic N) is 2. The van der Waals surface area contributed by atoms with E-state index in [1.54, 1.807) is 18.2 Å². The molecule has 16 heavy (non-hydrogen) atoms. The fourth-order valence-corrected chi connectivity index (χ4v) is 1.97. The maximum absolute atomic E-state index is 11.3. The van der Waals surface area contributed by atoms with Gasteiger partial charge in [0, 0.05) is 24.0 Å². The highest BCUT2D eigenvalue weighted by molar-refractivity contribution is 7.89. The Kier molecular flexibility index (Phi) is 2.67. The molecular formula is C10H8N3O2S. The summed E-state index contributed by atoms with van der Waals surface area (Å²) in [7, 11) is -3.82. The van der Waals surface area contributed by atoms with E-state index in [2.05, 4.69) is 16.0 Å². The Morgan fingerprint density at radius 1 is 1.19 bits per heavy atom. The van der Waals surface area contributed by atoms with Gasteiger partial charge < -0.3 is 0 Å². The molecule has 2 N–H and O–H groups in total. The van der Waals surface area contributed by atoms with Gasteiger partial charge in [0.15, 0.2) is 5.82 Å². The van der Waals surface area contributed by atoms with Crippen LogP contribution in [0.4, 0.5) is 0 Å². The number of hydrogen-bond acceptors (Lipinski definition) is 4. The maximum atomic E-state index is 11.3. The first kappa shape index (κ1) is 10.7. The average Bonchev–Trinajstić information content (AvgIpc) is 2.29. The Morgan fingerprint density at radius 3 is 2.50 bits per heavy atom. The summed E-state index contributed by atoms with van der Waals surface area (Å²) in [6.45, 7) is 0. The zero-order chi connectivity index (χ0) is 11.6. The molecule has 2 rings (SSSR count). The molecule has 1 aromatic heterocycles. The second kappa shape index (κ2) is 3.99. The highest BCUT2D eigenvalue weighted by Crippen LogP contribution is 2.21. The van der Waals surface area contributed by atoms with Gasteiger partial charge >= 0.3 is 0 Å². The van der Waals surface area contributed by atoms with Crippen molar-refractivity contribution >= 4 is 10.0 Å². The summed E-state index contributed by atoms with van der Waals surface area (Å²) in [6.07, 6.45) is 3.06. The Labute approximate surface area is 93.0 Å². The summed E-state index contributed by atoms with van der Waals surface area (Å²) in [5, 5.41) is 5.08. The van der Waals surface area contributed by atoms with Crippen LogP contribution in [0.2, 0.25) is 0 Å². The highest BCUT2D eigenvalue weighted by atomic mass is 32.2. The number of rotatable bonds is 2. The number of sulfonamides is 1. The summed E-state index contributed by atoms with van der Waals surface area (Å²) in [5.74, 6) is 0.309. The third kappa shape index (κ3) is 2.07. The van der Waals surface area contributed by atoms with Crippen LogP contribution in [0.3, 0.4) is 0 Å². The average molecular weight is 234 g/mol. The molecule has 0 aliphatic rings. The van der Waals surface area contributed by atoms with Gasteiger partial charge in [-0.25, -0.2) is 23.5 Å². The van der Waals surface area contributed by atoms with E-state index in [4.69, 9.17) is 5.14 Å². The molecule has 0 fully saturated rings. The number of benzene rings is 1. The van der Waals surface area contributed by atoms with E-state index in [-0.39, 0.29) is 4.90 Å². The van der Waals surface area contributed by atoms with Crippen molar-refractivity contribution in [2.24, 2.45) is 5.14 Å². The van der Waals surface area contributed by atoms with Gasteiger partial charge in [0.2, 0.25) is 10.0 Å². The lowest BCUT2D eigenvalue weighted by atomic mass is 10.2. The predicted molar refractivity (Wildman–Crippen MR) is 57.7 cm³/mol. The molecule has 0 atom stereocenters. The predicted octanol–water partition coefficient (Wildman–Crippen LogP) is 0.591. The number of primary sulfonamides is 1. The topological polar surface area (TPSA) is 85.9 Å². The second-order valence-electron chi connectivity index (χ2n) is 3.03. The van der Waals surface area contributed by atoms with Crippen molar-refractivity contribution in [3.8, 4) is 11.4 Å². The minimum Gasteiger partial charge on any atom is -0.237 e. The van der Waals surface area contributed by atoms with E-state index in [9.17, 15) is 8.42 Å².